The summed E-state index contributed by atoms with van der Waals surface area (Å²) in [4.78, 5) is 0. The van der Waals surface area contributed by atoms with Gasteiger partial charge in [0.05, 0.1) is 0 Å². The van der Waals surface area contributed by atoms with Crippen LogP contribution >= 0.6 is 0 Å². The van der Waals surface area contributed by atoms with Gasteiger partial charge in [-0.1, -0.05) is 56.4 Å². The summed E-state index contributed by atoms with van der Waals surface area (Å²) in [6, 6.07) is 6.92. The molecule has 0 saturated heterocycles. The zero-order valence-electron chi connectivity index (χ0n) is 13.5. The van der Waals surface area contributed by atoms with E-state index in [1.165, 1.54) is 56.2 Å². The van der Waals surface area contributed by atoms with Gasteiger partial charge in [0, 0.05) is 0 Å². The maximum Gasteiger partial charge on any atom is -0.00147 e. The normalized spacial score (nSPS) is 17.6. The smallest absolute Gasteiger partial charge is 0.00147 e. The second-order valence-electron chi connectivity index (χ2n) is 6.64. The fourth-order valence-electron chi connectivity index (χ4n) is 3.60. The minimum atomic E-state index is 0.824. The largest absolute Gasteiger partial charge is 0.316 e. The van der Waals surface area contributed by atoms with Crippen LogP contribution in [-0.2, 0) is 6.42 Å². The second-order valence-corrected chi connectivity index (χ2v) is 6.64. The summed E-state index contributed by atoms with van der Waals surface area (Å²) in [7, 11) is 0. The van der Waals surface area contributed by atoms with E-state index in [-0.39, 0.29) is 0 Å². The molecule has 1 nitrogen and oxygen atoms in total. The van der Waals surface area contributed by atoms with Crippen molar-refractivity contribution in [1.82, 2.24) is 5.32 Å². The molecule has 1 aliphatic carbocycles. The van der Waals surface area contributed by atoms with Crippen LogP contribution in [0.25, 0.3) is 0 Å². The first-order valence-electron chi connectivity index (χ1n) is 8.47. The van der Waals surface area contributed by atoms with E-state index in [2.05, 4.69) is 44.3 Å². The van der Waals surface area contributed by atoms with Crippen molar-refractivity contribution in [2.24, 2.45) is 11.8 Å². The fraction of sp³-hybridized carbons (Fsp3) is 0.684. The summed E-state index contributed by atoms with van der Waals surface area (Å²) in [5.41, 5.74) is 4.44. The van der Waals surface area contributed by atoms with Gasteiger partial charge in [0.15, 0.2) is 0 Å². The Labute approximate surface area is 125 Å². The molecule has 20 heavy (non-hydrogen) atoms. The van der Waals surface area contributed by atoms with Crippen molar-refractivity contribution in [2.75, 3.05) is 13.1 Å². The van der Waals surface area contributed by atoms with Crippen molar-refractivity contribution < 1.29 is 0 Å². The van der Waals surface area contributed by atoms with E-state index in [1.807, 2.05) is 0 Å². The average molecular weight is 273 g/mol. The molecule has 1 saturated carbocycles. The summed E-state index contributed by atoms with van der Waals surface area (Å²) in [6.07, 6.45) is 8.28. The Balaban J connectivity index is 2.03. The molecule has 1 heteroatoms. The van der Waals surface area contributed by atoms with Crippen LogP contribution in [0.4, 0.5) is 0 Å². The lowest BCUT2D eigenvalue weighted by Crippen LogP contribution is -2.29. The fourth-order valence-corrected chi connectivity index (χ4v) is 3.60. The molecule has 0 aromatic heterocycles. The van der Waals surface area contributed by atoms with Crippen LogP contribution in [0.3, 0.4) is 0 Å². The topological polar surface area (TPSA) is 12.0 Å². The monoisotopic (exact) mass is 273 g/mol. The number of nitrogens with one attached hydrogen (secondary N) is 1. The molecule has 0 amide bonds. The van der Waals surface area contributed by atoms with Gasteiger partial charge in [-0.2, -0.15) is 0 Å². The molecule has 0 radical (unpaired) electrons. The molecular weight excluding hydrogens is 242 g/mol. The van der Waals surface area contributed by atoms with Gasteiger partial charge in [-0.05, 0) is 62.7 Å². The lowest BCUT2D eigenvalue weighted by Gasteiger charge is -2.25. The molecule has 1 aromatic carbocycles. The highest BCUT2D eigenvalue weighted by molar-refractivity contribution is 5.30. The molecule has 1 unspecified atom stereocenters. The predicted octanol–water partition coefficient (Wildman–Crippen LogP) is 4.65. The first kappa shape index (κ1) is 15.6. The van der Waals surface area contributed by atoms with Gasteiger partial charge in [0.1, 0.15) is 0 Å². The molecule has 2 rings (SSSR count). The molecule has 1 aromatic rings. The van der Waals surface area contributed by atoms with Crippen LogP contribution in [0.1, 0.15) is 55.7 Å². The lowest BCUT2D eigenvalue weighted by molar-refractivity contribution is 0.321. The number of rotatable bonds is 7. The van der Waals surface area contributed by atoms with Crippen molar-refractivity contribution in [3.63, 3.8) is 0 Å². The van der Waals surface area contributed by atoms with Gasteiger partial charge in [-0.15, -0.1) is 0 Å². The molecule has 112 valence electrons. The third-order valence-electron chi connectivity index (χ3n) is 4.89. The number of hydrogen-bond donors (Lipinski definition) is 1. The molecular formula is C19H31N. The van der Waals surface area contributed by atoms with E-state index < -0.39 is 0 Å². The number of aryl methyl sites for hydroxylation is 2. The lowest BCUT2D eigenvalue weighted by atomic mass is 9.84. The molecule has 0 heterocycles. The third-order valence-corrected chi connectivity index (χ3v) is 4.89. The maximum absolute atomic E-state index is 3.67. The van der Waals surface area contributed by atoms with Gasteiger partial charge in [0.25, 0.3) is 0 Å². The zero-order valence-corrected chi connectivity index (χ0v) is 13.5. The Bertz CT molecular complexity index is 404. The molecule has 0 aliphatic heterocycles. The summed E-state index contributed by atoms with van der Waals surface area (Å²) < 4.78 is 0. The first-order chi connectivity index (χ1) is 9.70. The van der Waals surface area contributed by atoms with Gasteiger partial charge >= 0.3 is 0 Å². The second kappa shape index (κ2) is 7.83. The van der Waals surface area contributed by atoms with Crippen molar-refractivity contribution in [3.05, 3.63) is 34.9 Å². The van der Waals surface area contributed by atoms with E-state index in [1.54, 1.807) is 5.56 Å². The quantitative estimate of drug-likeness (QED) is 0.713. The van der Waals surface area contributed by atoms with Crippen molar-refractivity contribution >= 4 is 0 Å². The standard InChI is InChI=1S/C19H31N/c1-4-11-20-14-19(17-7-5-6-8-17)13-18-12-15(2)9-10-16(18)3/h9-10,12,17,19-20H,4-8,11,13-14H2,1-3H3. The highest BCUT2D eigenvalue weighted by Crippen LogP contribution is 2.33. The molecule has 1 fully saturated rings. The highest BCUT2D eigenvalue weighted by Gasteiger charge is 2.25. The highest BCUT2D eigenvalue weighted by atomic mass is 14.9. The van der Waals surface area contributed by atoms with Crippen LogP contribution in [-0.4, -0.2) is 13.1 Å². The summed E-state index contributed by atoms with van der Waals surface area (Å²) in [6.45, 7) is 9.09. The van der Waals surface area contributed by atoms with Crippen molar-refractivity contribution in [1.29, 1.82) is 0 Å². The molecule has 0 spiro atoms. The summed E-state index contributed by atoms with van der Waals surface area (Å²) in [5, 5.41) is 3.67. The molecule has 1 N–H and O–H groups in total. The Morgan fingerprint density at radius 1 is 1.20 bits per heavy atom. The van der Waals surface area contributed by atoms with Gasteiger partial charge in [-0.3, -0.25) is 0 Å². The van der Waals surface area contributed by atoms with Crippen LogP contribution in [0.15, 0.2) is 18.2 Å². The maximum atomic E-state index is 3.67. The first-order valence-corrected chi connectivity index (χ1v) is 8.47. The summed E-state index contributed by atoms with van der Waals surface area (Å²) in [5.74, 6) is 1.77. The van der Waals surface area contributed by atoms with Crippen LogP contribution in [0.5, 0.6) is 0 Å². The summed E-state index contributed by atoms with van der Waals surface area (Å²) >= 11 is 0. The zero-order chi connectivity index (χ0) is 14.4. The van der Waals surface area contributed by atoms with E-state index in [4.69, 9.17) is 0 Å². The Hall–Kier alpha value is -0.820. The van der Waals surface area contributed by atoms with Gasteiger partial charge in [0.2, 0.25) is 0 Å². The van der Waals surface area contributed by atoms with Gasteiger partial charge < -0.3 is 5.32 Å². The van der Waals surface area contributed by atoms with Crippen LogP contribution < -0.4 is 5.32 Å². The Morgan fingerprint density at radius 3 is 2.65 bits per heavy atom. The molecule has 1 aliphatic rings. The molecule has 0 bridgehead atoms. The van der Waals surface area contributed by atoms with Crippen molar-refractivity contribution in [2.45, 2.75) is 59.3 Å². The SMILES string of the molecule is CCCNCC(Cc1cc(C)ccc1C)C1CCCC1. The van der Waals surface area contributed by atoms with E-state index in [9.17, 15) is 0 Å². The Kier molecular flexibility index (Phi) is 6.09. The van der Waals surface area contributed by atoms with E-state index in [0.717, 1.165) is 18.4 Å². The minimum absolute atomic E-state index is 0.824. The van der Waals surface area contributed by atoms with Gasteiger partial charge in [-0.25, -0.2) is 0 Å². The van der Waals surface area contributed by atoms with Crippen molar-refractivity contribution in [3.8, 4) is 0 Å². The van der Waals surface area contributed by atoms with E-state index >= 15 is 0 Å². The average Bonchev–Trinajstić information content (AvgIpc) is 2.96. The van der Waals surface area contributed by atoms with Crippen LogP contribution in [0, 0.1) is 25.7 Å². The third kappa shape index (κ3) is 4.34. The molecule has 1 atom stereocenters. The predicted molar refractivity (Wildman–Crippen MR) is 88.2 cm³/mol. The van der Waals surface area contributed by atoms with E-state index in [0.29, 0.717) is 0 Å². The minimum Gasteiger partial charge on any atom is -0.316 e. The number of benzene rings is 1. The number of hydrogen-bond acceptors (Lipinski definition) is 1. The van der Waals surface area contributed by atoms with Crippen LogP contribution in [0.2, 0.25) is 0 Å². The Morgan fingerprint density at radius 2 is 1.95 bits per heavy atom.